The maximum absolute atomic E-state index is 12.3. The van der Waals surface area contributed by atoms with Crippen LogP contribution < -0.4 is 21.2 Å². The maximum atomic E-state index is 12.3. The molecule has 0 bridgehead atoms. The summed E-state index contributed by atoms with van der Waals surface area (Å²) in [5.41, 5.74) is 0. The van der Waals surface area contributed by atoms with Gasteiger partial charge in [-0.25, -0.2) is 0 Å². The van der Waals surface area contributed by atoms with E-state index in [9.17, 15) is 13.2 Å². The van der Waals surface area contributed by atoms with Crippen LogP contribution in [0.1, 0.15) is 20.8 Å². The summed E-state index contributed by atoms with van der Waals surface area (Å²) in [6.07, 6.45) is -4.01. The first-order valence-corrected chi connectivity index (χ1v) is 7.25. The van der Waals surface area contributed by atoms with Gasteiger partial charge in [-0.2, -0.15) is 0 Å². The Morgan fingerprint density at radius 1 is 1.08 bits per heavy atom. The molecule has 0 radical (unpaired) electrons. The van der Waals surface area contributed by atoms with Gasteiger partial charge in [-0.05, 0) is 0 Å². The quantitative estimate of drug-likeness (QED) is 0.505. The van der Waals surface area contributed by atoms with E-state index in [0.717, 1.165) is 0 Å². The van der Waals surface area contributed by atoms with Crippen LogP contribution in [0.5, 0.6) is 0 Å². The average Bonchev–Trinajstić information content (AvgIpc) is 1.86. The molecule has 0 aliphatic rings. The molecule has 0 aromatic heterocycles. The van der Waals surface area contributed by atoms with Gasteiger partial charge in [-0.1, -0.05) is 0 Å². The molecule has 0 heterocycles. The molecule has 0 nitrogen and oxygen atoms in total. The van der Waals surface area contributed by atoms with Crippen molar-refractivity contribution in [3.8, 4) is 0 Å². The van der Waals surface area contributed by atoms with E-state index < -0.39 is 12.1 Å². The molecule has 0 spiro atoms. The average molecular weight is 295 g/mol. The minimum absolute atomic E-state index is 0.135. The van der Waals surface area contributed by atoms with E-state index in [2.05, 4.69) is 0 Å². The van der Waals surface area contributed by atoms with Gasteiger partial charge in [-0.15, -0.1) is 0 Å². The number of hydrogen-bond acceptors (Lipinski definition) is 0. The van der Waals surface area contributed by atoms with Gasteiger partial charge in [0.15, 0.2) is 0 Å². The Labute approximate surface area is 82.2 Å². The molecule has 0 amide bonds. The third-order valence-electron chi connectivity index (χ3n) is 1.88. The molecular weight excluding hydrogens is 280 g/mol. The third kappa shape index (κ3) is 3.49. The van der Waals surface area contributed by atoms with Crippen molar-refractivity contribution in [2.75, 3.05) is 4.93 Å². The van der Waals surface area contributed by atoms with Crippen LogP contribution in [-0.2, 0) is 0 Å². The van der Waals surface area contributed by atoms with Crippen molar-refractivity contribution in [2.24, 2.45) is 11.8 Å². The van der Waals surface area contributed by atoms with E-state index in [4.69, 9.17) is 0 Å². The standard InChI is InChI=1S/C8H15F3I/c1-5(2)7(12-4)6(3)8(9,10)11/h5-7H,1-4H3/q-1. The first-order valence-electron chi connectivity index (χ1n) is 3.85. The van der Waals surface area contributed by atoms with Crippen molar-refractivity contribution in [2.45, 2.75) is 30.9 Å². The fourth-order valence-corrected chi connectivity index (χ4v) is 4.12. The number of rotatable bonds is 3. The molecule has 0 saturated heterocycles. The van der Waals surface area contributed by atoms with Gasteiger partial charge in [0.05, 0.1) is 0 Å². The molecule has 0 aliphatic heterocycles. The molecule has 12 heavy (non-hydrogen) atoms. The second-order valence-corrected chi connectivity index (χ2v) is 5.92. The minimum atomic E-state index is -4.01. The fourth-order valence-electron chi connectivity index (χ4n) is 1.20. The van der Waals surface area contributed by atoms with E-state index in [1.807, 2.05) is 18.8 Å². The van der Waals surface area contributed by atoms with Crippen LogP contribution in [0.4, 0.5) is 13.2 Å². The van der Waals surface area contributed by atoms with Crippen molar-refractivity contribution >= 4 is 0 Å². The monoisotopic (exact) mass is 295 g/mol. The predicted octanol–water partition coefficient (Wildman–Crippen LogP) is -0.0718. The molecule has 0 saturated carbocycles. The Balaban J connectivity index is 4.32. The zero-order chi connectivity index (χ0) is 9.94. The van der Waals surface area contributed by atoms with E-state index in [-0.39, 0.29) is 31.0 Å². The van der Waals surface area contributed by atoms with E-state index in [1.165, 1.54) is 6.92 Å². The molecule has 0 aromatic carbocycles. The van der Waals surface area contributed by atoms with Gasteiger partial charge >= 0.3 is 82.0 Å². The molecule has 2 atom stereocenters. The van der Waals surface area contributed by atoms with Crippen LogP contribution in [0.2, 0.25) is 0 Å². The number of halogens is 4. The molecular formula is C8H15F3I-. The van der Waals surface area contributed by atoms with Crippen LogP contribution >= 0.6 is 0 Å². The van der Waals surface area contributed by atoms with E-state index in [1.54, 1.807) is 0 Å². The van der Waals surface area contributed by atoms with Crippen molar-refractivity contribution < 1.29 is 34.4 Å². The molecule has 0 fully saturated rings. The summed E-state index contributed by atoms with van der Waals surface area (Å²) in [7, 11) is 0. The molecule has 0 rings (SSSR count). The van der Waals surface area contributed by atoms with Crippen molar-refractivity contribution in [1.82, 2.24) is 0 Å². The van der Waals surface area contributed by atoms with Gasteiger partial charge in [0, 0.05) is 0 Å². The summed E-state index contributed by atoms with van der Waals surface area (Å²) in [6.45, 7) is 5.04. The third-order valence-corrected chi connectivity index (χ3v) is 5.84. The molecule has 76 valence electrons. The van der Waals surface area contributed by atoms with Crippen molar-refractivity contribution in [3.63, 3.8) is 0 Å². The molecule has 0 N–H and O–H groups in total. The fraction of sp³-hybridized carbons (Fsp3) is 1.00. The Morgan fingerprint density at radius 3 is 1.58 bits per heavy atom. The van der Waals surface area contributed by atoms with E-state index >= 15 is 0 Å². The first kappa shape index (κ1) is 12.5. The van der Waals surface area contributed by atoms with Gasteiger partial charge in [0.1, 0.15) is 0 Å². The van der Waals surface area contributed by atoms with Gasteiger partial charge in [-0.3, -0.25) is 0 Å². The summed E-state index contributed by atoms with van der Waals surface area (Å²) in [4.78, 5) is 1.92. The van der Waals surface area contributed by atoms with Crippen LogP contribution in [0, 0.1) is 11.8 Å². The Morgan fingerprint density at radius 2 is 1.50 bits per heavy atom. The summed E-state index contributed by atoms with van der Waals surface area (Å²) in [5.74, 6) is -0.977. The second-order valence-electron chi connectivity index (χ2n) is 3.24. The zero-order valence-electron chi connectivity index (χ0n) is 7.74. The van der Waals surface area contributed by atoms with Crippen LogP contribution in [0.25, 0.3) is 0 Å². The summed E-state index contributed by atoms with van der Waals surface area (Å²) >= 11 is -0.325. The van der Waals surface area contributed by atoms with E-state index in [0.29, 0.717) is 0 Å². The molecule has 2 unspecified atom stereocenters. The summed E-state index contributed by atoms with van der Waals surface area (Å²) in [5, 5.41) is 0. The van der Waals surface area contributed by atoms with Gasteiger partial charge < -0.3 is 0 Å². The van der Waals surface area contributed by atoms with Crippen LogP contribution in [0.3, 0.4) is 0 Å². The Bertz CT molecular complexity index is 131. The van der Waals surface area contributed by atoms with Crippen LogP contribution in [0.15, 0.2) is 0 Å². The number of hydrogen-bond donors (Lipinski definition) is 0. The molecule has 0 aliphatic carbocycles. The zero-order valence-corrected chi connectivity index (χ0v) is 9.90. The Kier molecular flexibility index (Phi) is 4.87. The summed E-state index contributed by atoms with van der Waals surface area (Å²) < 4.78 is 36.7. The second kappa shape index (κ2) is 4.67. The van der Waals surface area contributed by atoms with Gasteiger partial charge in [0.25, 0.3) is 0 Å². The first-order chi connectivity index (χ1) is 5.30. The van der Waals surface area contributed by atoms with Gasteiger partial charge in [0.2, 0.25) is 0 Å². The van der Waals surface area contributed by atoms with Crippen molar-refractivity contribution in [1.29, 1.82) is 0 Å². The normalized spacial score (nSPS) is 18.3. The predicted molar refractivity (Wildman–Crippen MR) is 39.8 cm³/mol. The topological polar surface area (TPSA) is 0 Å². The van der Waals surface area contributed by atoms with Crippen LogP contribution in [-0.4, -0.2) is 15.0 Å². The molecule has 4 heteroatoms. The SMILES string of the molecule is C[I-]C(C(C)C)C(C)C(F)(F)F. The molecule has 0 aromatic rings. The number of alkyl halides is 5. The van der Waals surface area contributed by atoms with Crippen molar-refractivity contribution in [3.05, 3.63) is 0 Å². The summed E-state index contributed by atoms with van der Waals surface area (Å²) in [6, 6.07) is 0. The Hall–Kier alpha value is 0.520.